The van der Waals surface area contributed by atoms with Gasteiger partial charge in [0, 0.05) is 10.0 Å². The molecule has 1 rings (SSSR count). The molecular formula is C9H11BrN2O2. The van der Waals surface area contributed by atoms with E-state index in [0.717, 1.165) is 5.56 Å². The van der Waals surface area contributed by atoms with Crippen molar-refractivity contribution < 1.29 is 9.84 Å². The van der Waals surface area contributed by atoms with Gasteiger partial charge in [-0.25, -0.2) is 0 Å². The molecule has 0 heterocycles. The van der Waals surface area contributed by atoms with Crippen molar-refractivity contribution in [3.8, 4) is 11.5 Å². The topological polar surface area (TPSA) is 67.8 Å². The molecule has 0 amide bonds. The van der Waals surface area contributed by atoms with Gasteiger partial charge in [-0.3, -0.25) is 0 Å². The first-order valence-electron chi connectivity index (χ1n) is 4.07. The largest absolute Gasteiger partial charge is 0.504 e. The van der Waals surface area contributed by atoms with Crippen LogP contribution in [-0.2, 0) is 0 Å². The number of nitrogens with two attached hydrogens (primary N) is 1. The van der Waals surface area contributed by atoms with E-state index in [9.17, 15) is 5.11 Å². The maximum Gasteiger partial charge on any atom is 0.161 e. The molecule has 0 fully saturated rings. The van der Waals surface area contributed by atoms with Gasteiger partial charge in [-0.05, 0) is 35.0 Å². The lowest BCUT2D eigenvalue weighted by Crippen LogP contribution is -1.95. The highest BCUT2D eigenvalue weighted by Crippen LogP contribution is 2.31. The molecule has 5 heteroatoms. The zero-order valence-corrected chi connectivity index (χ0v) is 9.28. The van der Waals surface area contributed by atoms with Gasteiger partial charge < -0.3 is 15.7 Å². The van der Waals surface area contributed by atoms with Crippen LogP contribution in [0, 0.1) is 0 Å². The Morgan fingerprint density at radius 2 is 2.36 bits per heavy atom. The summed E-state index contributed by atoms with van der Waals surface area (Å²) in [5, 5.41) is 12.9. The van der Waals surface area contributed by atoms with Gasteiger partial charge in [0.25, 0.3) is 0 Å². The summed E-state index contributed by atoms with van der Waals surface area (Å²) >= 11 is 3.27. The fourth-order valence-electron chi connectivity index (χ4n) is 1.01. The summed E-state index contributed by atoms with van der Waals surface area (Å²) < 4.78 is 5.92. The van der Waals surface area contributed by atoms with Gasteiger partial charge in [0.1, 0.15) is 0 Å². The molecule has 0 aliphatic carbocycles. The van der Waals surface area contributed by atoms with Gasteiger partial charge in [-0.2, -0.15) is 5.10 Å². The van der Waals surface area contributed by atoms with Gasteiger partial charge in [0.15, 0.2) is 11.5 Å². The van der Waals surface area contributed by atoms with Crippen molar-refractivity contribution >= 4 is 22.1 Å². The van der Waals surface area contributed by atoms with Crippen LogP contribution in [0.3, 0.4) is 0 Å². The lowest BCUT2D eigenvalue weighted by Gasteiger charge is -2.07. The number of benzene rings is 1. The van der Waals surface area contributed by atoms with E-state index in [2.05, 4.69) is 21.0 Å². The lowest BCUT2D eigenvalue weighted by molar-refractivity contribution is 0.318. The molecule has 0 unspecified atom stereocenters. The Balaban J connectivity index is 3.13. The maximum atomic E-state index is 9.48. The number of phenolic OH excluding ortho intramolecular Hbond substituents is 1. The highest BCUT2D eigenvalue weighted by molar-refractivity contribution is 9.10. The van der Waals surface area contributed by atoms with Crippen LogP contribution in [0.1, 0.15) is 12.5 Å². The van der Waals surface area contributed by atoms with E-state index in [1.54, 1.807) is 12.1 Å². The highest BCUT2D eigenvalue weighted by atomic mass is 79.9. The van der Waals surface area contributed by atoms with Crippen LogP contribution in [0.15, 0.2) is 21.7 Å². The Morgan fingerprint density at radius 1 is 1.64 bits per heavy atom. The van der Waals surface area contributed by atoms with E-state index >= 15 is 0 Å². The second-order valence-corrected chi connectivity index (χ2v) is 3.41. The Bertz CT molecular complexity index is 353. The highest BCUT2D eigenvalue weighted by Gasteiger charge is 2.06. The summed E-state index contributed by atoms with van der Waals surface area (Å²) in [6.07, 6.45) is 1.48. The Morgan fingerprint density at radius 3 is 2.93 bits per heavy atom. The predicted molar refractivity (Wildman–Crippen MR) is 58.8 cm³/mol. The molecule has 0 saturated carbocycles. The molecule has 0 bridgehead atoms. The Hall–Kier alpha value is -1.23. The zero-order chi connectivity index (χ0) is 10.6. The first kappa shape index (κ1) is 10.8. The quantitative estimate of drug-likeness (QED) is 0.494. The molecule has 0 spiro atoms. The summed E-state index contributed by atoms with van der Waals surface area (Å²) in [7, 11) is 0. The third-order valence-corrected chi connectivity index (χ3v) is 2.28. The average molecular weight is 259 g/mol. The maximum absolute atomic E-state index is 9.48. The smallest absolute Gasteiger partial charge is 0.161 e. The van der Waals surface area contributed by atoms with Gasteiger partial charge in [-0.1, -0.05) is 0 Å². The number of hydrogen-bond acceptors (Lipinski definition) is 4. The molecule has 14 heavy (non-hydrogen) atoms. The van der Waals surface area contributed by atoms with Crippen LogP contribution in [-0.4, -0.2) is 17.9 Å². The van der Waals surface area contributed by atoms with Crippen LogP contribution in [0.25, 0.3) is 0 Å². The third kappa shape index (κ3) is 2.38. The minimum Gasteiger partial charge on any atom is -0.504 e. The molecule has 4 nitrogen and oxygen atoms in total. The van der Waals surface area contributed by atoms with E-state index in [1.165, 1.54) is 6.21 Å². The minimum absolute atomic E-state index is 0.0906. The number of phenols is 1. The van der Waals surface area contributed by atoms with E-state index in [-0.39, 0.29) is 5.75 Å². The van der Waals surface area contributed by atoms with E-state index in [0.29, 0.717) is 16.8 Å². The van der Waals surface area contributed by atoms with Crippen LogP contribution in [0.4, 0.5) is 0 Å². The number of nitrogens with zero attached hydrogens (tertiary/aromatic N) is 1. The number of halogens is 1. The minimum atomic E-state index is 0.0906. The monoisotopic (exact) mass is 258 g/mol. The molecule has 0 radical (unpaired) electrons. The SMILES string of the molecule is CCOc1cc(C=NN)c(Br)cc1O. The van der Waals surface area contributed by atoms with Crippen molar-refractivity contribution in [2.75, 3.05) is 6.61 Å². The molecule has 0 aromatic heterocycles. The second kappa shape index (κ2) is 4.85. The molecule has 1 aromatic rings. The lowest BCUT2D eigenvalue weighted by atomic mass is 10.2. The average Bonchev–Trinajstić information content (AvgIpc) is 2.14. The first-order chi connectivity index (χ1) is 6.69. The number of ether oxygens (including phenoxy) is 1. The summed E-state index contributed by atoms with van der Waals surface area (Å²) in [6, 6.07) is 3.21. The Labute approximate surface area is 90.5 Å². The number of aromatic hydroxyl groups is 1. The van der Waals surface area contributed by atoms with E-state index < -0.39 is 0 Å². The number of hydrazone groups is 1. The standard InChI is InChI=1S/C9H11BrN2O2/c1-2-14-9-3-6(5-12-11)7(10)4-8(9)13/h3-5,13H,2,11H2,1H3. The number of hydrogen-bond donors (Lipinski definition) is 2. The van der Waals surface area contributed by atoms with E-state index in [1.807, 2.05) is 6.92 Å². The summed E-state index contributed by atoms with van der Waals surface area (Å²) in [6.45, 7) is 2.34. The first-order valence-corrected chi connectivity index (χ1v) is 4.87. The van der Waals surface area contributed by atoms with Gasteiger partial charge in [0.05, 0.1) is 12.8 Å². The van der Waals surface area contributed by atoms with E-state index in [4.69, 9.17) is 10.6 Å². The van der Waals surface area contributed by atoms with Crippen molar-refractivity contribution in [3.63, 3.8) is 0 Å². The van der Waals surface area contributed by atoms with Crippen molar-refractivity contribution in [2.24, 2.45) is 10.9 Å². The third-order valence-electron chi connectivity index (χ3n) is 1.59. The van der Waals surface area contributed by atoms with Crippen LogP contribution < -0.4 is 10.6 Å². The van der Waals surface area contributed by atoms with Crippen molar-refractivity contribution in [3.05, 3.63) is 22.2 Å². The van der Waals surface area contributed by atoms with Crippen LogP contribution >= 0.6 is 15.9 Å². The summed E-state index contributed by atoms with van der Waals surface area (Å²) in [5.41, 5.74) is 0.758. The van der Waals surface area contributed by atoms with Gasteiger partial charge in [-0.15, -0.1) is 0 Å². The normalized spacial score (nSPS) is 10.7. The van der Waals surface area contributed by atoms with Crippen LogP contribution in [0.5, 0.6) is 11.5 Å². The zero-order valence-electron chi connectivity index (χ0n) is 7.70. The fraction of sp³-hybridized carbons (Fsp3) is 0.222. The van der Waals surface area contributed by atoms with Gasteiger partial charge >= 0.3 is 0 Å². The molecule has 3 N–H and O–H groups in total. The van der Waals surface area contributed by atoms with Crippen molar-refractivity contribution in [2.45, 2.75) is 6.92 Å². The van der Waals surface area contributed by atoms with Crippen molar-refractivity contribution in [1.29, 1.82) is 0 Å². The van der Waals surface area contributed by atoms with Crippen molar-refractivity contribution in [1.82, 2.24) is 0 Å². The van der Waals surface area contributed by atoms with Crippen LogP contribution in [0.2, 0.25) is 0 Å². The predicted octanol–water partition coefficient (Wildman–Crippen LogP) is 1.85. The second-order valence-electron chi connectivity index (χ2n) is 2.55. The van der Waals surface area contributed by atoms with Gasteiger partial charge in [0.2, 0.25) is 0 Å². The molecule has 76 valence electrons. The summed E-state index contributed by atoms with van der Waals surface area (Å²) in [5.74, 6) is 5.55. The molecule has 0 aliphatic heterocycles. The summed E-state index contributed by atoms with van der Waals surface area (Å²) in [4.78, 5) is 0. The molecule has 0 saturated heterocycles. The Kier molecular flexibility index (Phi) is 3.76. The molecular weight excluding hydrogens is 248 g/mol. The molecule has 0 aliphatic rings. The molecule has 1 aromatic carbocycles. The number of rotatable bonds is 3. The molecule has 0 atom stereocenters. The fourth-order valence-corrected chi connectivity index (χ4v) is 1.44.